The van der Waals surface area contributed by atoms with Gasteiger partial charge in [0.25, 0.3) is 0 Å². The summed E-state index contributed by atoms with van der Waals surface area (Å²) in [4.78, 5) is 1.19. The molecular formula is C14H15ClFNOS. The highest BCUT2D eigenvalue weighted by Crippen LogP contribution is 2.21. The van der Waals surface area contributed by atoms with Crippen LogP contribution in [0.15, 0.2) is 30.3 Å². The minimum atomic E-state index is -0.276. The maximum absolute atomic E-state index is 13.0. The largest absolute Gasteiger partial charge is 0.492 e. The van der Waals surface area contributed by atoms with E-state index in [0.717, 1.165) is 16.4 Å². The average Bonchev–Trinajstić information content (AvgIpc) is 2.79. The monoisotopic (exact) mass is 299 g/mol. The van der Waals surface area contributed by atoms with Crippen molar-refractivity contribution in [3.63, 3.8) is 0 Å². The first-order chi connectivity index (χ1) is 9.15. The molecule has 0 bridgehead atoms. The van der Waals surface area contributed by atoms with Gasteiger partial charge >= 0.3 is 0 Å². The quantitative estimate of drug-likeness (QED) is 0.814. The van der Waals surface area contributed by atoms with Gasteiger partial charge in [0.1, 0.15) is 18.2 Å². The van der Waals surface area contributed by atoms with Gasteiger partial charge in [-0.15, -0.1) is 11.3 Å². The summed E-state index contributed by atoms with van der Waals surface area (Å²) >= 11 is 7.40. The Morgan fingerprint density at radius 3 is 2.89 bits per heavy atom. The summed E-state index contributed by atoms with van der Waals surface area (Å²) in [5.41, 5.74) is 0.937. The van der Waals surface area contributed by atoms with E-state index in [0.29, 0.717) is 18.9 Å². The molecule has 19 heavy (non-hydrogen) atoms. The molecule has 2 aromatic rings. The fourth-order valence-electron chi connectivity index (χ4n) is 1.62. The Morgan fingerprint density at radius 2 is 2.16 bits per heavy atom. The highest BCUT2D eigenvalue weighted by atomic mass is 35.5. The number of benzene rings is 1. The summed E-state index contributed by atoms with van der Waals surface area (Å²) in [6.07, 6.45) is 0. The van der Waals surface area contributed by atoms with Gasteiger partial charge in [-0.2, -0.15) is 0 Å². The van der Waals surface area contributed by atoms with Crippen LogP contribution in [0.1, 0.15) is 10.4 Å². The Hall–Kier alpha value is -1.10. The van der Waals surface area contributed by atoms with Gasteiger partial charge in [0, 0.05) is 24.0 Å². The van der Waals surface area contributed by atoms with E-state index < -0.39 is 0 Å². The predicted molar refractivity (Wildman–Crippen MR) is 77.7 cm³/mol. The van der Waals surface area contributed by atoms with Crippen molar-refractivity contribution in [2.45, 2.75) is 13.5 Å². The Bertz CT molecular complexity index is 544. The molecule has 102 valence electrons. The van der Waals surface area contributed by atoms with Crippen LogP contribution in [-0.4, -0.2) is 13.2 Å². The van der Waals surface area contributed by atoms with E-state index in [4.69, 9.17) is 16.3 Å². The Morgan fingerprint density at radius 1 is 1.32 bits per heavy atom. The number of ether oxygens (including phenoxy) is 1. The molecule has 0 amide bonds. The lowest BCUT2D eigenvalue weighted by atomic mass is 10.2. The van der Waals surface area contributed by atoms with Crippen LogP contribution in [-0.2, 0) is 6.54 Å². The van der Waals surface area contributed by atoms with Crippen molar-refractivity contribution >= 4 is 22.9 Å². The molecule has 2 rings (SSSR count). The number of thiophene rings is 1. The van der Waals surface area contributed by atoms with Gasteiger partial charge in [0.15, 0.2) is 0 Å². The summed E-state index contributed by atoms with van der Waals surface area (Å²) in [5.74, 6) is 0.322. The minimum Gasteiger partial charge on any atom is -0.492 e. The molecule has 0 saturated carbocycles. The van der Waals surface area contributed by atoms with Gasteiger partial charge in [-0.05, 0) is 30.7 Å². The van der Waals surface area contributed by atoms with Gasteiger partial charge in [0.2, 0.25) is 0 Å². The topological polar surface area (TPSA) is 21.3 Å². The van der Waals surface area contributed by atoms with Crippen molar-refractivity contribution in [2.75, 3.05) is 13.2 Å². The fraction of sp³-hybridized carbons (Fsp3) is 0.286. The van der Waals surface area contributed by atoms with E-state index in [9.17, 15) is 4.39 Å². The Kier molecular flexibility index (Phi) is 5.19. The molecule has 0 spiro atoms. The van der Waals surface area contributed by atoms with E-state index in [2.05, 4.69) is 5.32 Å². The van der Waals surface area contributed by atoms with Crippen molar-refractivity contribution < 1.29 is 9.13 Å². The maximum atomic E-state index is 13.0. The summed E-state index contributed by atoms with van der Waals surface area (Å²) in [5, 5.41) is 3.25. The highest BCUT2D eigenvalue weighted by molar-refractivity contribution is 7.16. The predicted octanol–water partition coefficient (Wildman–Crippen LogP) is 4.02. The molecule has 0 aliphatic heterocycles. The normalized spacial score (nSPS) is 10.7. The molecule has 0 aliphatic rings. The lowest BCUT2D eigenvalue weighted by Gasteiger charge is -2.09. The van der Waals surface area contributed by atoms with Crippen LogP contribution in [0.3, 0.4) is 0 Å². The molecule has 5 heteroatoms. The molecule has 1 aromatic heterocycles. The van der Waals surface area contributed by atoms with Gasteiger partial charge in [0.05, 0.1) is 4.34 Å². The second kappa shape index (κ2) is 6.89. The van der Waals surface area contributed by atoms with Crippen LogP contribution in [0.25, 0.3) is 0 Å². The lowest BCUT2D eigenvalue weighted by Crippen LogP contribution is -2.20. The molecule has 0 radical (unpaired) electrons. The maximum Gasteiger partial charge on any atom is 0.126 e. The molecule has 1 heterocycles. The smallest absolute Gasteiger partial charge is 0.126 e. The van der Waals surface area contributed by atoms with E-state index in [-0.39, 0.29) is 5.82 Å². The lowest BCUT2D eigenvalue weighted by molar-refractivity contribution is 0.310. The third kappa shape index (κ3) is 4.49. The van der Waals surface area contributed by atoms with Crippen molar-refractivity contribution in [3.05, 3.63) is 50.9 Å². The third-order valence-electron chi connectivity index (χ3n) is 2.61. The van der Waals surface area contributed by atoms with Crippen LogP contribution in [0.5, 0.6) is 5.75 Å². The first kappa shape index (κ1) is 14.3. The third-order valence-corrected chi connectivity index (χ3v) is 3.85. The first-order valence-corrected chi connectivity index (χ1v) is 7.18. The average molecular weight is 300 g/mol. The molecule has 0 saturated heterocycles. The zero-order valence-corrected chi connectivity index (χ0v) is 12.2. The molecule has 1 aromatic carbocycles. The van der Waals surface area contributed by atoms with Crippen LogP contribution in [0.4, 0.5) is 4.39 Å². The standard InChI is InChI=1S/C14H15ClFNOS/c1-10-2-3-11(16)8-13(10)18-7-6-17-9-12-4-5-14(15)19-12/h2-5,8,17H,6-7,9H2,1H3. The van der Waals surface area contributed by atoms with Crippen LogP contribution in [0.2, 0.25) is 4.34 Å². The van der Waals surface area contributed by atoms with Crippen molar-refractivity contribution in [1.82, 2.24) is 5.32 Å². The Balaban J connectivity index is 1.70. The number of halogens is 2. The van der Waals surface area contributed by atoms with Gasteiger partial charge in [-0.25, -0.2) is 4.39 Å². The summed E-state index contributed by atoms with van der Waals surface area (Å²) in [6.45, 7) is 3.87. The second-order valence-electron chi connectivity index (χ2n) is 4.14. The van der Waals surface area contributed by atoms with Gasteiger partial charge in [-0.1, -0.05) is 17.7 Å². The van der Waals surface area contributed by atoms with Crippen molar-refractivity contribution in [1.29, 1.82) is 0 Å². The van der Waals surface area contributed by atoms with E-state index in [1.54, 1.807) is 17.4 Å². The number of hydrogen-bond acceptors (Lipinski definition) is 3. The van der Waals surface area contributed by atoms with Crippen LogP contribution >= 0.6 is 22.9 Å². The fourth-order valence-corrected chi connectivity index (χ4v) is 2.68. The zero-order valence-electron chi connectivity index (χ0n) is 10.6. The minimum absolute atomic E-state index is 0.276. The number of aryl methyl sites for hydroxylation is 1. The first-order valence-electron chi connectivity index (χ1n) is 5.99. The van der Waals surface area contributed by atoms with E-state index >= 15 is 0 Å². The summed E-state index contributed by atoms with van der Waals surface area (Å²) in [6, 6.07) is 8.44. The Labute approximate surface area is 121 Å². The van der Waals surface area contributed by atoms with Crippen LogP contribution < -0.4 is 10.1 Å². The molecule has 0 aliphatic carbocycles. The van der Waals surface area contributed by atoms with Crippen molar-refractivity contribution in [3.8, 4) is 5.75 Å². The van der Waals surface area contributed by atoms with E-state index in [1.807, 2.05) is 19.1 Å². The SMILES string of the molecule is Cc1ccc(F)cc1OCCNCc1ccc(Cl)s1. The summed E-state index contributed by atoms with van der Waals surface area (Å²) < 4.78 is 19.4. The number of rotatable bonds is 6. The molecular weight excluding hydrogens is 285 g/mol. The highest BCUT2D eigenvalue weighted by Gasteiger charge is 2.01. The molecule has 0 atom stereocenters. The van der Waals surface area contributed by atoms with Crippen molar-refractivity contribution in [2.24, 2.45) is 0 Å². The molecule has 0 unspecified atom stereocenters. The molecule has 1 N–H and O–H groups in total. The second-order valence-corrected chi connectivity index (χ2v) is 5.94. The molecule has 0 fully saturated rings. The number of hydrogen-bond donors (Lipinski definition) is 1. The zero-order chi connectivity index (χ0) is 13.7. The van der Waals surface area contributed by atoms with E-state index in [1.165, 1.54) is 17.0 Å². The van der Waals surface area contributed by atoms with Gasteiger partial charge in [-0.3, -0.25) is 0 Å². The number of nitrogens with one attached hydrogen (secondary N) is 1. The van der Waals surface area contributed by atoms with Gasteiger partial charge < -0.3 is 10.1 Å². The summed E-state index contributed by atoms with van der Waals surface area (Å²) in [7, 11) is 0. The molecule has 2 nitrogen and oxygen atoms in total. The van der Waals surface area contributed by atoms with Crippen LogP contribution in [0, 0.1) is 12.7 Å².